The molecule has 3 aromatic rings. The van der Waals surface area contributed by atoms with E-state index < -0.39 is 5.63 Å². The molecule has 2 aromatic carbocycles. The van der Waals surface area contributed by atoms with Crippen LogP contribution in [0.3, 0.4) is 0 Å². The molecular formula is C12H8N3O2. The van der Waals surface area contributed by atoms with Gasteiger partial charge >= 0.3 is 5.63 Å². The average Bonchev–Trinajstić information content (AvgIpc) is 2.75. The lowest BCUT2D eigenvalue weighted by Gasteiger charge is -1.99. The van der Waals surface area contributed by atoms with Gasteiger partial charge in [0, 0.05) is 18.3 Å². The second-order valence-electron chi connectivity index (χ2n) is 3.50. The number of nitrogens with zero attached hydrogens (tertiary/aromatic N) is 3. The minimum atomic E-state index is -0.451. The summed E-state index contributed by atoms with van der Waals surface area (Å²) in [5.74, 6) is 0. The zero-order chi connectivity index (χ0) is 11.0. The quantitative estimate of drug-likeness (QED) is 0.568. The number of hydrogen-bond donors (Lipinski definition) is 0. The first-order chi connectivity index (χ1) is 7.83. The molecule has 0 spiro atoms. The minimum Gasteiger partial charge on any atom is -0.471 e. The Morgan fingerprint density at radius 2 is 1.82 bits per heavy atom. The van der Waals surface area contributed by atoms with E-state index in [4.69, 9.17) is 0 Å². The molecule has 0 bridgehead atoms. The minimum absolute atomic E-state index is 0. The van der Waals surface area contributed by atoms with E-state index in [0.29, 0.717) is 0 Å². The molecule has 5 nitrogen and oxygen atoms in total. The van der Waals surface area contributed by atoms with Gasteiger partial charge in [0.25, 0.3) is 6.20 Å². The first-order valence-corrected chi connectivity index (χ1v) is 4.88. The predicted molar refractivity (Wildman–Crippen MR) is 59.5 cm³/mol. The van der Waals surface area contributed by atoms with E-state index in [-0.39, 0.29) is 6.15 Å². The smallest absolute Gasteiger partial charge is 0.389 e. The maximum Gasteiger partial charge on any atom is 0.389 e. The van der Waals surface area contributed by atoms with Gasteiger partial charge < -0.3 is 4.52 Å². The van der Waals surface area contributed by atoms with Crippen molar-refractivity contribution in [3.05, 3.63) is 59.1 Å². The highest BCUT2D eigenvalue weighted by molar-refractivity contribution is 5.83. The zero-order valence-corrected chi connectivity index (χ0v) is 8.78. The van der Waals surface area contributed by atoms with E-state index >= 15 is 0 Å². The third-order valence-corrected chi connectivity index (χ3v) is 2.44. The summed E-state index contributed by atoms with van der Waals surface area (Å²) >= 11 is 0. The highest BCUT2D eigenvalue weighted by Crippen LogP contribution is 2.14. The van der Waals surface area contributed by atoms with Crippen LogP contribution in [0.25, 0.3) is 16.5 Å². The van der Waals surface area contributed by atoms with E-state index in [9.17, 15) is 4.79 Å². The van der Waals surface area contributed by atoms with E-state index in [1.165, 1.54) is 10.9 Å². The van der Waals surface area contributed by atoms with Gasteiger partial charge in [0.15, 0.2) is 0 Å². The van der Waals surface area contributed by atoms with Crippen LogP contribution < -0.4 is 21.7 Å². The molecule has 0 aliphatic rings. The van der Waals surface area contributed by atoms with Gasteiger partial charge in [-0.1, -0.05) is 24.3 Å². The molecule has 83 valence electrons. The lowest BCUT2D eigenvalue weighted by atomic mass is 10.1. The molecule has 17 heavy (non-hydrogen) atoms. The highest BCUT2D eigenvalue weighted by atomic mass is 16.5. The summed E-state index contributed by atoms with van der Waals surface area (Å²) in [6.07, 6.45) is 1.31. The van der Waals surface area contributed by atoms with Crippen molar-refractivity contribution in [2.75, 3.05) is 0 Å². The molecular weight excluding hydrogens is 218 g/mol. The third kappa shape index (κ3) is 1.95. The Hall–Kier alpha value is -2.40. The number of benzene rings is 2. The fourth-order valence-electron chi connectivity index (χ4n) is 1.67. The number of fused-ring (bicyclic) bond motifs is 1. The van der Waals surface area contributed by atoms with Crippen LogP contribution in [0, 0.1) is 0 Å². The lowest BCUT2D eigenvalue weighted by molar-refractivity contribution is -0.676. The van der Waals surface area contributed by atoms with Gasteiger partial charge in [-0.15, -0.1) is 0 Å². The van der Waals surface area contributed by atoms with Crippen molar-refractivity contribution in [1.82, 2.24) is 11.4 Å². The van der Waals surface area contributed by atoms with Crippen LogP contribution in [0.5, 0.6) is 0 Å². The summed E-state index contributed by atoms with van der Waals surface area (Å²) in [6, 6.07) is 13.8. The summed E-state index contributed by atoms with van der Waals surface area (Å²) in [5.41, 5.74) is 0.359. The number of rotatable bonds is 1. The molecule has 0 saturated heterocycles. The molecule has 3 radical (unpaired) electrons. The predicted octanol–water partition coefficient (Wildman–Crippen LogP) is 0.546. The van der Waals surface area contributed by atoms with Crippen molar-refractivity contribution in [3.8, 4) is 5.69 Å². The number of aromatic nitrogens is 2. The van der Waals surface area contributed by atoms with Crippen molar-refractivity contribution >= 4 is 10.8 Å². The molecule has 1 heterocycles. The van der Waals surface area contributed by atoms with Crippen molar-refractivity contribution in [1.29, 1.82) is 0 Å². The first-order valence-electron chi connectivity index (χ1n) is 4.88. The topological polar surface area (TPSA) is 78.7 Å². The Morgan fingerprint density at radius 3 is 2.53 bits per heavy atom. The highest BCUT2D eigenvalue weighted by Gasteiger charge is 2.04. The van der Waals surface area contributed by atoms with E-state index in [1.807, 2.05) is 42.5 Å². The van der Waals surface area contributed by atoms with E-state index in [1.54, 1.807) is 0 Å². The Labute approximate surface area is 96.8 Å². The van der Waals surface area contributed by atoms with Gasteiger partial charge in [-0.2, -0.15) is 0 Å². The van der Waals surface area contributed by atoms with Crippen LogP contribution in [-0.4, -0.2) is 0 Å². The van der Waals surface area contributed by atoms with Crippen LogP contribution in [0.1, 0.15) is 0 Å². The summed E-state index contributed by atoms with van der Waals surface area (Å²) in [6.45, 7) is 0. The largest absolute Gasteiger partial charge is 0.471 e. The van der Waals surface area contributed by atoms with Crippen LogP contribution in [0.4, 0.5) is 0 Å². The average molecular weight is 226 g/mol. The molecule has 0 amide bonds. The maximum absolute atomic E-state index is 10.9. The molecule has 5 heteroatoms. The van der Waals surface area contributed by atoms with Crippen molar-refractivity contribution in [3.63, 3.8) is 0 Å². The van der Waals surface area contributed by atoms with Gasteiger partial charge in [0.2, 0.25) is 5.69 Å². The van der Waals surface area contributed by atoms with Crippen molar-refractivity contribution in [2.45, 2.75) is 0 Å². The summed E-state index contributed by atoms with van der Waals surface area (Å²) < 4.78 is 5.91. The second-order valence-corrected chi connectivity index (χ2v) is 3.50. The van der Waals surface area contributed by atoms with Gasteiger partial charge in [0.05, 0.1) is 0 Å². The monoisotopic (exact) mass is 226 g/mol. The van der Waals surface area contributed by atoms with Gasteiger partial charge in [-0.25, -0.2) is 14.7 Å². The van der Waals surface area contributed by atoms with Crippen LogP contribution >= 0.6 is 0 Å². The van der Waals surface area contributed by atoms with Gasteiger partial charge in [0.1, 0.15) is 0 Å². The van der Waals surface area contributed by atoms with Crippen LogP contribution in [0.2, 0.25) is 0 Å². The molecule has 0 N–H and O–H groups in total. The summed E-state index contributed by atoms with van der Waals surface area (Å²) in [7, 11) is 0. The fraction of sp³-hybridized carbons (Fsp3) is 0. The standard InChI is InChI=1S/C12H8N2O2.N/c15-12-8-14(13-16-12)11-6-5-9-3-1-2-4-10(9)7-11;/h1-8H;. The molecule has 0 saturated carbocycles. The van der Waals surface area contributed by atoms with E-state index in [0.717, 1.165) is 16.5 Å². The third-order valence-electron chi connectivity index (χ3n) is 2.44. The van der Waals surface area contributed by atoms with Gasteiger partial charge in [-0.3, -0.25) is 0 Å². The summed E-state index contributed by atoms with van der Waals surface area (Å²) in [4.78, 5) is 10.9. The van der Waals surface area contributed by atoms with Gasteiger partial charge in [-0.05, 0) is 16.8 Å². The molecule has 0 fully saturated rings. The molecule has 0 aliphatic heterocycles. The SMILES string of the molecule is O=c1c[n+](-c2ccc3ccccc3c2)[n-]o1.[N]. The Morgan fingerprint density at radius 1 is 1.06 bits per heavy atom. The maximum atomic E-state index is 10.9. The normalized spacial score (nSPS) is 10.1. The Bertz CT molecular complexity index is 700. The molecule has 3 rings (SSSR count). The molecule has 0 aliphatic carbocycles. The zero-order valence-electron chi connectivity index (χ0n) is 8.78. The molecule has 0 atom stereocenters. The van der Waals surface area contributed by atoms with E-state index in [2.05, 4.69) is 9.79 Å². The van der Waals surface area contributed by atoms with Crippen molar-refractivity contribution in [2.24, 2.45) is 0 Å². The summed E-state index contributed by atoms with van der Waals surface area (Å²) in [5, 5.41) is 5.87. The van der Waals surface area contributed by atoms with Crippen molar-refractivity contribution < 1.29 is 9.20 Å². The first kappa shape index (κ1) is 11.1. The molecule has 1 aromatic heterocycles. The molecule has 0 unspecified atom stereocenters. The Balaban J connectivity index is 0.00000108. The number of hydrogen-bond acceptors (Lipinski definition) is 2. The lowest BCUT2D eigenvalue weighted by Crippen LogP contribution is -2.33. The second kappa shape index (κ2) is 4.23. The Kier molecular flexibility index (Phi) is 2.76. The fourth-order valence-corrected chi connectivity index (χ4v) is 1.67. The van der Waals surface area contributed by atoms with Crippen LogP contribution in [0.15, 0.2) is 58.0 Å². The van der Waals surface area contributed by atoms with Crippen LogP contribution in [-0.2, 0) is 0 Å².